The number of nitrogens with two attached hydrogens (primary N) is 1. The normalized spacial score (nSPS) is 19.1. The van der Waals surface area contributed by atoms with E-state index in [0.717, 1.165) is 4.88 Å². The summed E-state index contributed by atoms with van der Waals surface area (Å²) in [5, 5.41) is 2.32. The van der Waals surface area contributed by atoms with Crippen LogP contribution >= 0.6 is 23.1 Å². The molecular weight excluding hydrogens is 228 g/mol. The molecule has 2 heterocycles. The number of allylic oxidation sites excluding steroid dienone is 2. The van der Waals surface area contributed by atoms with Gasteiger partial charge in [0, 0.05) is 4.88 Å². The summed E-state index contributed by atoms with van der Waals surface area (Å²) in [6.07, 6.45) is 5.51. The summed E-state index contributed by atoms with van der Waals surface area (Å²) in [5.41, 5.74) is 5.41. The standard InChI is InChI=1S/C10H8N2OS2/c11-10-12-9(13)8(15-10)5-1-3-7-4-2-6-14-7/h1-6H,(H2,11,12,13). The average Bonchev–Trinajstić information content (AvgIpc) is 2.77. The van der Waals surface area contributed by atoms with Gasteiger partial charge in [0.05, 0.1) is 4.91 Å². The van der Waals surface area contributed by atoms with E-state index in [1.54, 1.807) is 17.4 Å². The molecule has 2 N–H and O–H groups in total. The first-order valence-corrected chi connectivity index (χ1v) is 5.93. The summed E-state index contributed by atoms with van der Waals surface area (Å²) >= 11 is 2.85. The molecule has 3 nitrogen and oxygen atoms in total. The molecule has 15 heavy (non-hydrogen) atoms. The van der Waals surface area contributed by atoms with Gasteiger partial charge in [-0.2, -0.15) is 4.99 Å². The van der Waals surface area contributed by atoms with Crippen LogP contribution in [0.15, 0.2) is 39.6 Å². The Morgan fingerprint density at radius 3 is 2.93 bits per heavy atom. The van der Waals surface area contributed by atoms with Gasteiger partial charge in [0.2, 0.25) is 0 Å². The van der Waals surface area contributed by atoms with Gasteiger partial charge in [0.15, 0.2) is 5.17 Å². The fourth-order valence-corrected chi connectivity index (χ4v) is 2.32. The van der Waals surface area contributed by atoms with E-state index in [1.807, 2.05) is 29.7 Å². The van der Waals surface area contributed by atoms with E-state index < -0.39 is 0 Å². The Morgan fingerprint density at radius 1 is 1.47 bits per heavy atom. The van der Waals surface area contributed by atoms with Crippen LogP contribution in [0.2, 0.25) is 0 Å². The van der Waals surface area contributed by atoms with Gasteiger partial charge in [0.1, 0.15) is 0 Å². The first-order chi connectivity index (χ1) is 7.25. The van der Waals surface area contributed by atoms with Crippen LogP contribution in [0.3, 0.4) is 0 Å². The van der Waals surface area contributed by atoms with E-state index in [4.69, 9.17) is 5.73 Å². The van der Waals surface area contributed by atoms with Crippen molar-refractivity contribution in [2.24, 2.45) is 10.7 Å². The largest absolute Gasteiger partial charge is 0.378 e. The molecule has 0 saturated heterocycles. The Bertz CT molecular complexity index is 458. The first kappa shape index (κ1) is 10.2. The number of thiophene rings is 1. The summed E-state index contributed by atoms with van der Waals surface area (Å²) in [7, 11) is 0. The first-order valence-electron chi connectivity index (χ1n) is 4.24. The van der Waals surface area contributed by atoms with Crippen molar-refractivity contribution >= 4 is 40.2 Å². The van der Waals surface area contributed by atoms with Gasteiger partial charge in [-0.15, -0.1) is 11.3 Å². The number of aliphatic imine (C=N–C) groups is 1. The van der Waals surface area contributed by atoms with Gasteiger partial charge in [0.25, 0.3) is 5.91 Å². The van der Waals surface area contributed by atoms with Crippen LogP contribution in [0, 0.1) is 0 Å². The van der Waals surface area contributed by atoms with E-state index in [2.05, 4.69) is 4.99 Å². The van der Waals surface area contributed by atoms with E-state index in [0.29, 0.717) is 10.1 Å². The van der Waals surface area contributed by atoms with Crippen LogP contribution in [-0.4, -0.2) is 11.1 Å². The maximum atomic E-state index is 11.2. The fourth-order valence-electron chi connectivity index (χ4n) is 1.06. The second kappa shape index (κ2) is 4.46. The van der Waals surface area contributed by atoms with Crippen molar-refractivity contribution in [1.29, 1.82) is 0 Å². The molecule has 0 bridgehead atoms. The minimum atomic E-state index is -0.256. The number of amidine groups is 1. The van der Waals surface area contributed by atoms with E-state index in [-0.39, 0.29) is 5.91 Å². The molecule has 0 fully saturated rings. The molecule has 1 aromatic heterocycles. The number of hydrogen-bond donors (Lipinski definition) is 1. The lowest BCUT2D eigenvalue weighted by Crippen LogP contribution is -2.01. The second-order valence-electron chi connectivity index (χ2n) is 2.76. The number of thioether (sulfide) groups is 1. The molecule has 0 aliphatic carbocycles. The van der Waals surface area contributed by atoms with Gasteiger partial charge in [-0.25, -0.2) is 0 Å². The van der Waals surface area contributed by atoms with Gasteiger partial charge in [-0.05, 0) is 35.4 Å². The molecule has 0 radical (unpaired) electrons. The number of rotatable bonds is 2. The Labute approximate surface area is 95.4 Å². The average molecular weight is 236 g/mol. The molecule has 5 heteroatoms. The zero-order valence-corrected chi connectivity index (χ0v) is 9.35. The van der Waals surface area contributed by atoms with Crippen LogP contribution in [0.1, 0.15) is 4.88 Å². The van der Waals surface area contributed by atoms with Crippen LogP contribution in [0.5, 0.6) is 0 Å². The minimum absolute atomic E-state index is 0.256. The summed E-state index contributed by atoms with van der Waals surface area (Å²) in [5.74, 6) is -0.256. The molecule has 1 aromatic rings. The molecular formula is C10H8N2OS2. The monoisotopic (exact) mass is 236 g/mol. The van der Waals surface area contributed by atoms with E-state index in [1.165, 1.54) is 11.8 Å². The maximum absolute atomic E-state index is 11.2. The quantitative estimate of drug-likeness (QED) is 0.801. The van der Waals surface area contributed by atoms with Crippen molar-refractivity contribution < 1.29 is 4.79 Å². The third-order valence-corrected chi connectivity index (χ3v) is 3.36. The summed E-state index contributed by atoms with van der Waals surface area (Å²) < 4.78 is 0. The topological polar surface area (TPSA) is 55.4 Å². The Kier molecular flexibility index (Phi) is 3.03. The predicted molar refractivity (Wildman–Crippen MR) is 65.7 cm³/mol. The van der Waals surface area contributed by atoms with Crippen LogP contribution in [0.25, 0.3) is 6.08 Å². The SMILES string of the molecule is NC1=NC(=O)C(=CC=Cc2cccs2)S1. The fraction of sp³-hybridized carbons (Fsp3) is 0. The Hall–Kier alpha value is -1.33. The molecule has 1 aliphatic heterocycles. The molecule has 1 amide bonds. The summed E-state index contributed by atoms with van der Waals surface area (Å²) in [4.78, 5) is 16.5. The molecule has 0 atom stereocenters. The van der Waals surface area contributed by atoms with Gasteiger partial charge >= 0.3 is 0 Å². The predicted octanol–water partition coefficient (Wildman–Crippen LogP) is 2.23. The zero-order valence-electron chi connectivity index (χ0n) is 7.71. The Morgan fingerprint density at radius 2 is 2.33 bits per heavy atom. The Balaban J connectivity index is 2.04. The molecule has 76 valence electrons. The van der Waals surface area contributed by atoms with Crippen molar-refractivity contribution in [1.82, 2.24) is 0 Å². The highest BCUT2D eigenvalue weighted by Crippen LogP contribution is 2.24. The lowest BCUT2D eigenvalue weighted by Gasteiger charge is -1.87. The summed E-state index contributed by atoms with van der Waals surface area (Å²) in [6.45, 7) is 0. The highest BCUT2D eigenvalue weighted by molar-refractivity contribution is 8.18. The second-order valence-corrected chi connectivity index (χ2v) is 4.80. The number of nitrogens with zero attached hydrogens (tertiary/aromatic N) is 1. The highest BCUT2D eigenvalue weighted by Gasteiger charge is 2.18. The lowest BCUT2D eigenvalue weighted by molar-refractivity contribution is -0.113. The van der Waals surface area contributed by atoms with Crippen molar-refractivity contribution in [3.8, 4) is 0 Å². The lowest BCUT2D eigenvalue weighted by atomic mass is 10.4. The number of amides is 1. The van der Waals surface area contributed by atoms with Gasteiger partial charge in [-0.3, -0.25) is 4.79 Å². The molecule has 0 aromatic carbocycles. The van der Waals surface area contributed by atoms with E-state index in [9.17, 15) is 4.79 Å². The van der Waals surface area contributed by atoms with Gasteiger partial charge in [-0.1, -0.05) is 12.1 Å². The molecule has 1 aliphatic rings. The summed E-state index contributed by atoms with van der Waals surface area (Å²) in [6, 6.07) is 3.99. The van der Waals surface area contributed by atoms with Crippen molar-refractivity contribution in [2.75, 3.05) is 0 Å². The number of hydrogen-bond acceptors (Lipinski definition) is 4. The molecule has 2 rings (SSSR count). The number of carbonyl (C=O) groups excluding carboxylic acids is 1. The van der Waals surface area contributed by atoms with Crippen LogP contribution in [-0.2, 0) is 4.79 Å². The van der Waals surface area contributed by atoms with Gasteiger partial charge < -0.3 is 5.73 Å². The smallest absolute Gasteiger partial charge is 0.286 e. The maximum Gasteiger partial charge on any atom is 0.286 e. The molecule has 0 spiro atoms. The van der Waals surface area contributed by atoms with Crippen LogP contribution in [0.4, 0.5) is 0 Å². The van der Waals surface area contributed by atoms with Crippen molar-refractivity contribution in [3.63, 3.8) is 0 Å². The number of carbonyl (C=O) groups is 1. The third-order valence-electron chi connectivity index (χ3n) is 1.69. The van der Waals surface area contributed by atoms with Crippen LogP contribution < -0.4 is 5.73 Å². The van der Waals surface area contributed by atoms with E-state index >= 15 is 0 Å². The van der Waals surface area contributed by atoms with Crippen molar-refractivity contribution in [2.45, 2.75) is 0 Å². The highest BCUT2D eigenvalue weighted by atomic mass is 32.2. The minimum Gasteiger partial charge on any atom is -0.378 e. The van der Waals surface area contributed by atoms with Crippen molar-refractivity contribution in [3.05, 3.63) is 39.4 Å². The third kappa shape index (κ3) is 2.57. The molecule has 0 unspecified atom stereocenters. The molecule has 0 saturated carbocycles. The zero-order chi connectivity index (χ0) is 10.7.